The minimum atomic E-state index is -0.322. The highest BCUT2D eigenvalue weighted by molar-refractivity contribution is 5.76. The second-order valence-electron chi connectivity index (χ2n) is 6.73. The highest BCUT2D eigenvalue weighted by Gasteiger charge is 2.42. The summed E-state index contributed by atoms with van der Waals surface area (Å²) in [6.07, 6.45) is 6.39. The monoisotopic (exact) mass is 342 g/mol. The number of hydrogen-bond acceptors (Lipinski definition) is 4. The number of carbonyl (C=O) groups is 1. The van der Waals surface area contributed by atoms with Crippen LogP contribution in [0.25, 0.3) is 0 Å². The van der Waals surface area contributed by atoms with Gasteiger partial charge in [-0.25, -0.2) is 0 Å². The van der Waals surface area contributed by atoms with Crippen LogP contribution in [0.5, 0.6) is 0 Å². The number of nitrogens with zero attached hydrogens (tertiary/aromatic N) is 3. The quantitative estimate of drug-likeness (QED) is 0.904. The van der Waals surface area contributed by atoms with Crippen molar-refractivity contribution in [2.24, 2.45) is 0 Å². The number of aryl methyl sites for hydroxylation is 1. The van der Waals surface area contributed by atoms with Crippen LogP contribution < -0.4 is 5.56 Å². The maximum absolute atomic E-state index is 12.5. The molecule has 0 aliphatic carbocycles. The van der Waals surface area contributed by atoms with Gasteiger partial charge >= 0.3 is 0 Å². The molecule has 1 saturated heterocycles. The van der Waals surface area contributed by atoms with E-state index in [1.165, 1.54) is 11.6 Å². The predicted octanol–water partition coefficient (Wildman–Crippen LogP) is 1.05. The van der Waals surface area contributed by atoms with Gasteiger partial charge in [0.2, 0.25) is 5.91 Å². The van der Waals surface area contributed by atoms with Crippen LogP contribution in [0.1, 0.15) is 30.5 Å². The van der Waals surface area contributed by atoms with E-state index < -0.39 is 0 Å². The molecule has 0 radical (unpaired) electrons. The average Bonchev–Trinajstić information content (AvgIpc) is 3.12. The summed E-state index contributed by atoms with van der Waals surface area (Å²) in [6.45, 7) is 2.46. The minimum Gasteiger partial charge on any atom is -0.368 e. The van der Waals surface area contributed by atoms with E-state index in [4.69, 9.17) is 4.74 Å². The van der Waals surface area contributed by atoms with Gasteiger partial charge in [0.25, 0.3) is 5.56 Å². The van der Waals surface area contributed by atoms with Gasteiger partial charge in [-0.05, 0) is 30.9 Å². The second kappa shape index (κ2) is 6.48. The van der Waals surface area contributed by atoms with E-state index in [-0.39, 0.29) is 17.1 Å². The first-order valence-corrected chi connectivity index (χ1v) is 8.78. The summed E-state index contributed by atoms with van der Waals surface area (Å²) in [5.74, 6) is 0.0891. The number of amides is 1. The van der Waals surface area contributed by atoms with Crippen molar-refractivity contribution >= 4 is 5.91 Å². The molecule has 2 aliphatic heterocycles. The lowest BCUT2D eigenvalue weighted by Crippen LogP contribution is -2.48. The molecule has 2 aromatic rings. The van der Waals surface area contributed by atoms with Crippen LogP contribution in [0.15, 0.2) is 35.4 Å². The Bertz CT molecular complexity index is 817. The SMILES string of the molecule is O=C(CCn1ccccc1=O)N1CCC2(CC1)OCCc1cn[nH]c12. The zero-order valence-corrected chi connectivity index (χ0v) is 14.1. The van der Waals surface area contributed by atoms with E-state index >= 15 is 0 Å². The number of piperidine rings is 1. The van der Waals surface area contributed by atoms with E-state index in [2.05, 4.69) is 10.2 Å². The van der Waals surface area contributed by atoms with Gasteiger partial charge in [-0.2, -0.15) is 5.10 Å². The van der Waals surface area contributed by atoms with Crippen molar-refractivity contribution in [1.29, 1.82) is 0 Å². The molecule has 0 unspecified atom stereocenters. The number of fused-ring (bicyclic) bond motifs is 2. The molecule has 2 aliphatic rings. The summed E-state index contributed by atoms with van der Waals surface area (Å²) in [6, 6.07) is 5.02. The van der Waals surface area contributed by atoms with Crippen molar-refractivity contribution in [1.82, 2.24) is 19.7 Å². The van der Waals surface area contributed by atoms with Crippen molar-refractivity contribution in [3.8, 4) is 0 Å². The van der Waals surface area contributed by atoms with Crippen LogP contribution in [0.4, 0.5) is 0 Å². The predicted molar refractivity (Wildman–Crippen MR) is 91.1 cm³/mol. The number of rotatable bonds is 3. The lowest BCUT2D eigenvalue weighted by molar-refractivity contribution is -0.141. The van der Waals surface area contributed by atoms with Gasteiger partial charge in [-0.1, -0.05) is 6.07 Å². The van der Waals surface area contributed by atoms with Crippen molar-refractivity contribution in [3.05, 3.63) is 52.2 Å². The average molecular weight is 342 g/mol. The first-order chi connectivity index (χ1) is 12.2. The topological polar surface area (TPSA) is 80.2 Å². The molecule has 132 valence electrons. The van der Waals surface area contributed by atoms with Gasteiger partial charge in [-0.3, -0.25) is 14.7 Å². The normalized spacial score (nSPS) is 19.0. The van der Waals surface area contributed by atoms with Crippen LogP contribution in [-0.2, 0) is 28.1 Å². The number of H-pyrrole nitrogens is 1. The minimum absolute atomic E-state index is 0.0738. The Morgan fingerprint density at radius 1 is 1.32 bits per heavy atom. The number of aromatic amines is 1. The van der Waals surface area contributed by atoms with Crippen LogP contribution >= 0.6 is 0 Å². The molecule has 1 amide bonds. The molecular weight excluding hydrogens is 320 g/mol. The highest BCUT2D eigenvalue weighted by atomic mass is 16.5. The molecule has 4 rings (SSSR count). The lowest BCUT2D eigenvalue weighted by Gasteiger charge is -2.43. The Kier molecular flexibility index (Phi) is 4.17. The molecule has 0 atom stereocenters. The third-order valence-electron chi connectivity index (χ3n) is 5.31. The summed E-state index contributed by atoms with van der Waals surface area (Å²) in [5, 5.41) is 7.26. The fourth-order valence-corrected chi connectivity index (χ4v) is 3.85. The second-order valence-corrected chi connectivity index (χ2v) is 6.73. The molecule has 1 fully saturated rings. The molecule has 1 N–H and O–H groups in total. The van der Waals surface area contributed by atoms with Gasteiger partial charge in [0.15, 0.2) is 0 Å². The summed E-state index contributed by atoms with van der Waals surface area (Å²) in [7, 11) is 0. The fourth-order valence-electron chi connectivity index (χ4n) is 3.85. The first-order valence-electron chi connectivity index (χ1n) is 8.78. The zero-order valence-electron chi connectivity index (χ0n) is 14.1. The van der Waals surface area contributed by atoms with Gasteiger partial charge in [0, 0.05) is 38.3 Å². The van der Waals surface area contributed by atoms with Crippen LogP contribution in [0.2, 0.25) is 0 Å². The number of aromatic nitrogens is 3. The van der Waals surface area contributed by atoms with Crippen molar-refractivity contribution in [2.45, 2.75) is 37.8 Å². The number of carbonyl (C=O) groups excluding carboxylic acids is 1. The van der Waals surface area contributed by atoms with E-state index in [0.717, 1.165) is 25.0 Å². The van der Waals surface area contributed by atoms with E-state index in [0.29, 0.717) is 32.7 Å². The third-order valence-corrected chi connectivity index (χ3v) is 5.31. The summed E-state index contributed by atoms with van der Waals surface area (Å²) >= 11 is 0. The number of ether oxygens (including phenoxy) is 1. The van der Waals surface area contributed by atoms with Gasteiger partial charge < -0.3 is 14.2 Å². The van der Waals surface area contributed by atoms with E-state index in [1.54, 1.807) is 22.9 Å². The van der Waals surface area contributed by atoms with Crippen LogP contribution in [-0.4, -0.2) is 45.3 Å². The Morgan fingerprint density at radius 2 is 2.16 bits per heavy atom. The standard InChI is InChI=1S/C18H22N4O3/c23-15-3-1-2-8-21(15)9-4-16(24)22-10-6-18(7-11-22)17-14(5-12-25-18)13-19-20-17/h1-3,8,13H,4-7,9-12H2,(H,19,20). The van der Waals surface area contributed by atoms with Crippen molar-refractivity contribution in [3.63, 3.8) is 0 Å². The summed E-state index contributed by atoms with van der Waals surface area (Å²) < 4.78 is 7.68. The number of hydrogen-bond donors (Lipinski definition) is 1. The molecule has 0 saturated carbocycles. The van der Waals surface area contributed by atoms with Crippen molar-refractivity contribution in [2.75, 3.05) is 19.7 Å². The summed E-state index contributed by atoms with van der Waals surface area (Å²) in [5.41, 5.74) is 1.92. The molecular formula is C18H22N4O3. The first kappa shape index (κ1) is 16.1. The molecule has 0 aromatic carbocycles. The Hall–Kier alpha value is -2.41. The number of nitrogens with one attached hydrogen (secondary N) is 1. The molecule has 25 heavy (non-hydrogen) atoms. The van der Waals surface area contributed by atoms with Crippen molar-refractivity contribution < 1.29 is 9.53 Å². The molecule has 1 spiro atoms. The van der Waals surface area contributed by atoms with Gasteiger partial charge in [0.05, 0.1) is 18.5 Å². The van der Waals surface area contributed by atoms with Gasteiger partial charge in [-0.15, -0.1) is 0 Å². The summed E-state index contributed by atoms with van der Waals surface area (Å²) in [4.78, 5) is 26.1. The molecule has 7 heteroatoms. The number of pyridine rings is 1. The number of likely N-dealkylation sites (tertiary alicyclic amines) is 1. The van der Waals surface area contributed by atoms with Crippen LogP contribution in [0, 0.1) is 0 Å². The highest BCUT2D eigenvalue weighted by Crippen LogP contribution is 2.40. The molecule has 0 bridgehead atoms. The van der Waals surface area contributed by atoms with E-state index in [9.17, 15) is 9.59 Å². The largest absolute Gasteiger partial charge is 0.368 e. The molecule has 7 nitrogen and oxygen atoms in total. The Labute approximate surface area is 145 Å². The maximum Gasteiger partial charge on any atom is 0.250 e. The Morgan fingerprint density at radius 3 is 2.96 bits per heavy atom. The smallest absolute Gasteiger partial charge is 0.250 e. The third kappa shape index (κ3) is 3.00. The van der Waals surface area contributed by atoms with Crippen LogP contribution in [0.3, 0.4) is 0 Å². The lowest BCUT2D eigenvalue weighted by atomic mass is 9.83. The fraction of sp³-hybridized carbons (Fsp3) is 0.500. The van der Waals surface area contributed by atoms with Gasteiger partial charge in [0.1, 0.15) is 5.60 Å². The van der Waals surface area contributed by atoms with E-state index in [1.807, 2.05) is 11.1 Å². The Balaban J connectivity index is 1.37. The molecule has 2 aromatic heterocycles. The maximum atomic E-state index is 12.5. The molecule has 4 heterocycles. The zero-order chi connectivity index (χ0) is 17.3.